The zero-order valence-corrected chi connectivity index (χ0v) is 38.1. The van der Waals surface area contributed by atoms with E-state index in [2.05, 4.69) is 33.8 Å². The summed E-state index contributed by atoms with van der Waals surface area (Å²) < 4.78 is 49.9. The van der Waals surface area contributed by atoms with E-state index in [1.807, 2.05) is 0 Å². The topological polar surface area (TPSA) is 276 Å². The van der Waals surface area contributed by atoms with Crippen LogP contribution < -0.4 is 0 Å². The Kier molecular flexibility index (Phi) is 14.7. The number of aliphatic hydroxyl groups excluding tert-OH is 10. The molecule has 4 aliphatic carbocycles. The van der Waals surface area contributed by atoms with Crippen LogP contribution >= 0.6 is 0 Å². The predicted molar refractivity (Wildman–Crippen MR) is 222 cm³/mol. The summed E-state index contributed by atoms with van der Waals surface area (Å²) in [6, 6.07) is 0. The normalized spacial score (nSPS) is 54.3. The van der Waals surface area contributed by atoms with Crippen molar-refractivity contribution in [3.05, 3.63) is 11.6 Å². The Bertz CT molecular complexity index is 1620. The molecule has 10 N–H and O–H groups in total. The summed E-state index contributed by atoms with van der Waals surface area (Å²) in [6.07, 6.45) is -13.5. The summed E-state index contributed by atoms with van der Waals surface area (Å²) in [5.74, 6) is 1.57. The van der Waals surface area contributed by atoms with Gasteiger partial charge in [0.2, 0.25) is 0 Å². The molecule has 368 valence electrons. The molecule has 0 aromatic heterocycles. The highest BCUT2D eigenvalue weighted by Crippen LogP contribution is 2.70. The van der Waals surface area contributed by atoms with E-state index >= 15 is 0 Å². The highest BCUT2D eigenvalue weighted by atomic mass is 16.8. The third kappa shape index (κ3) is 8.37. The van der Waals surface area contributed by atoms with Gasteiger partial charge in [0.15, 0.2) is 24.7 Å². The summed E-state index contributed by atoms with van der Waals surface area (Å²) in [7, 11) is 1.76. The summed E-state index contributed by atoms with van der Waals surface area (Å²) in [6.45, 7) is 9.43. The second-order valence-corrected chi connectivity index (χ2v) is 21.1. The molecule has 0 aromatic carbocycles. The van der Waals surface area contributed by atoms with Crippen LogP contribution in [0.3, 0.4) is 0 Å². The molecule has 64 heavy (non-hydrogen) atoms. The second kappa shape index (κ2) is 19.1. The minimum atomic E-state index is -1.85. The van der Waals surface area contributed by atoms with E-state index in [9.17, 15) is 51.1 Å². The van der Waals surface area contributed by atoms with Crippen molar-refractivity contribution in [3.8, 4) is 0 Å². The molecule has 0 amide bonds. The van der Waals surface area contributed by atoms with Crippen LogP contribution in [0.1, 0.15) is 92.4 Å². The van der Waals surface area contributed by atoms with Crippen LogP contribution in [0.2, 0.25) is 0 Å². The fourth-order valence-corrected chi connectivity index (χ4v) is 13.8. The first-order chi connectivity index (χ1) is 30.4. The summed E-state index contributed by atoms with van der Waals surface area (Å²) in [5.41, 5.74) is 1.32. The summed E-state index contributed by atoms with van der Waals surface area (Å²) >= 11 is 0. The van der Waals surface area contributed by atoms with E-state index in [0.29, 0.717) is 36.5 Å². The molecule has 8 rings (SSSR count). The molecule has 8 aliphatic rings. The predicted octanol–water partition coefficient (Wildman–Crippen LogP) is -0.177. The highest BCUT2D eigenvalue weighted by Gasteiger charge is 2.68. The lowest BCUT2D eigenvalue weighted by atomic mass is 9.47. The van der Waals surface area contributed by atoms with Crippen LogP contribution in [0.25, 0.3) is 0 Å². The minimum absolute atomic E-state index is 0.0833. The number of ether oxygens (including phenoxy) is 8. The molecule has 0 radical (unpaired) electrons. The van der Waals surface area contributed by atoms with Gasteiger partial charge >= 0.3 is 0 Å². The maximum absolute atomic E-state index is 11.6. The van der Waals surface area contributed by atoms with Crippen molar-refractivity contribution in [2.45, 2.75) is 203 Å². The third-order valence-corrected chi connectivity index (χ3v) is 17.7. The SMILES string of the molecule is CO[C@]1(CC[C@H](C)CO)OC2CC3C4CC=C5C[C@@H](O[C@@H]6O[C@H](CO)C(O)[C@H](O[C@@H]7O[C@H](CO)C(O)[C@H](O)[C@H]7O)[C@H]6O[C@@H]6O[C@@H](C)[C@H](O)[C@@H](O)[C@H]6O)CC[C@]5(C)C4CCC3(C)C2[C@@H]1C. The van der Waals surface area contributed by atoms with E-state index in [1.165, 1.54) is 12.5 Å². The number of methoxy groups -OCH3 is 1. The van der Waals surface area contributed by atoms with Crippen LogP contribution in [0.15, 0.2) is 11.6 Å². The molecular formula is C46H76O18. The van der Waals surface area contributed by atoms with E-state index in [0.717, 1.165) is 44.9 Å². The molecule has 4 aliphatic heterocycles. The van der Waals surface area contributed by atoms with Gasteiger partial charge in [-0.25, -0.2) is 0 Å². The first-order valence-electron chi connectivity index (χ1n) is 23.8. The zero-order chi connectivity index (χ0) is 46.2. The van der Waals surface area contributed by atoms with Gasteiger partial charge in [-0.05, 0) is 98.7 Å². The van der Waals surface area contributed by atoms with Gasteiger partial charge in [-0.15, -0.1) is 0 Å². The third-order valence-electron chi connectivity index (χ3n) is 17.7. The van der Waals surface area contributed by atoms with Crippen molar-refractivity contribution in [3.63, 3.8) is 0 Å². The number of rotatable bonds is 13. The van der Waals surface area contributed by atoms with E-state index < -0.39 is 117 Å². The van der Waals surface area contributed by atoms with Crippen molar-refractivity contribution in [1.82, 2.24) is 0 Å². The lowest BCUT2D eigenvalue weighted by molar-refractivity contribution is -0.394. The van der Waals surface area contributed by atoms with Crippen LogP contribution in [0.5, 0.6) is 0 Å². The van der Waals surface area contributed by atoms with Gasteiger partial charge < -0.3 is 89.0 Å². The van der Waals surface area contributed by atoms with Gasteiger partial charge in [-0.1, -0.05) is 39.3 Å². The smallest absolute Gasteiger partial charge is 0.187 e. The number of hydrogen-bond acceptors (Lipinski definition) is 18. The van der Waals surface area contributed by atoms with Crippen LogP contribution in [0.4, 0.5) is 0 Å². The van der Waals surface area contributed by atoms with E-state index in [-0.39, 0.29) is 35.4 Å². The maximum Gasteiger partial charge on any atom is 0.187 e. The molecule has 18 heteroatoms. The van der Waals surface area contributed by atoms with Crippen LogP contribution in [-0.4, -0.2) is 188 Å². The highest BCUT2D eigenvalue weighted by molar-refractivity contribution is 5.26. The van der Waals surface area contributed by atoms with Gasteiger partial charge in [0, 0.05) is 26.1 Å². The van der Waals surface area contributed by atoms with Gasteiger partial charge in [-0.2, -0.15) is 0 Å². The molecule has 0 spiro atoms. The average molecular weight is 917 g/mol. The monoisotopic (exact) mass is 917 g/mol. The fraction of sp³-hybridized carbons (Fsp3) is 0.957. The fourth-order valence-electron chi connectivity index (χ4n) is 13.8. The Morgan fingerprint density at radius 2 is 1.38 bits per heavy atom. The quantitative estimate of drug-likeness (QED) is 0.107. The number of hydrogen-bond donors (Lipinski definition) is 10. The Morgan fingerprint density at radius 3 is 2.05 bits per heavy atom. The first kappa shape index (κ1) is 49.4. The van der Waals surface area contributed by atoms with Crippen molar-refractivity contribution in [2.24, 2.45) is 46.3 Å². The first-order valence-corrected chi connectivity index (χ1v) is 23.8. The standard InChI is InChI=1S/C46H76O18/c1-20(17-47)9-14-46(57-6)21(2)31-28(64-46)16-27-25-8-7-23-15-24(10-12-44(23,4)26(25)11-13-45(27,31)5)59-43-40(63-41-37(55)35(53)32(50)22(3)58-41)39(34(52)30(19-49)61-43)62-42-38(56)36(54)33(51)29(18-48)60-42/h7,20-22,24-43,47-56H,8-19H2,1-6H3/t20-,21-,22-,24-,25?,26?,27?,28?,29+,30+,31?,32-,33?,34?,35+,36-,37+,38+,39-,40+,41-,42-,43+,44-,45?,46+/m0/s1. The Morgan fingerprint density at radius 1 is 0.734 bits per heavy atom. The number of fused-ring (bicyclic) bond motifs is 7. The van der Waals surface area contributed by atoms with Gasteiger partial charge in [0.05, 0.1) is 31.5 Å². The maximum atomic E-state index is 11.6. The minimum Gasteiger partial charge on any atom is -0.396 e. The Balaban J connectivity index is 1.01. The van der Waals surface area contributed by atoms with Crippen molar-refractivity contribution in [2.75, 3.05) is 26.9 Å². The van der Waals surface area contributed by atoms with Gasteiger partial charge in [0.25, 0.3) is 0 Å². The lowest BCUT2D eigenvalue weighted by Gasteiger charge is -2.58. The zero-order valence-electron chi connectivity index (χ0n) is 38.1. The molecule has 4 saturated heterocycles. The largest absolute Gasteiger partial charge is 0.396 e. The van der Waals surface area contributed by atoms with Gasteiger partial charge in [0.1, 0.15) is 67.1 Å². The van der Waals surface area contributed by atoms with Crippen LogP contribution in [-0.2, 0) is 37.9 Å². The molecule has 4 heterocycles. The Hall–Kier alpha value is -0.980. The van der Waals surface area contributed by atoms with E-state index in [4.69, 9.17) is 37.9 Å². The molecule has 0 aromatic rings. The van der Waals surface area contributed by atoms with Gasteiger partial charge in [-0.3, -0.25) is 0 Å². The van der Waals surface area contributed by atoms with E-state index in [1.54, 1.807) is 7.11 Å². The van der Waals surface area contributed by atoms with Crippen molar-refractivity contribution in [1.29, 1.82) is 0 Å². The molecule has 7 fully saturated rings. The number of allylic oxidation sites excluding steroid dienone is 1. The van der Waals surface area contributed by atoms with Crippen molar-refractivity contribution < 1.29 is 89.0 Å². The second-order valence-electron chi connectivity index (χ2n) is 21.1. The van der Waals surface area contributed by atoms with Crippen LogP contribution in [0, 0.1) is 46.3 Å². The molecule has 18 nitrogen and oxygen atoms in total. The van der Waals surface area contributed by atoms with Crippen molar-refractivity contribution >= 4 is 0 Å². The summed E-state index contributed by atoms with van der Waals surface area (Å²) in [5, 5.41) is 106. The molecular weight excluding hydrogens is 840 g/mol. The number of aliphatic hydroxyl groups is 10. The lowest BCUT2D eigenvalue weighted by Crippen LogP contribution is -2.67. The average Bonchev–Trinajstić information content (AvgIpc) is 3.74. The Labute approximate surface area is 375 Å². The summed E-state index contributed by atoms with van der Waals surface area (Å²) in [4.78, 5) is 0. The molecule has 3 saturated carbocycles. The molecule has 0 bridgehead atoms. The molecule has 26 atom stereocenters. The molecule has 8 unspecified atom stereocenters.